The minimum absolute atomic E-state index is 0.374. The number of halogens is 1. The summed E-state index contributed by atoms with van der Waals surface area (Å²) in [6.07, 6.45) is 5.37. The summed E-state index contributed by atoms with van der Waals surface area (Å²) >= 11 is 0. The molecule has 0 aliphatic carbocycles. The van der Waals surface area contributed by atoms with E-state index < -0.39 is 0 Å². The Bertz CT molecular complexity index is 1160. The molecule has 0 saturated carbocycles. The monoisotopic (exact) mass is 392 g/mol. The van der Waals surface area contributed by atoms with E-state index in [-0.39, 0.29) is 5.82 Å². The van der Waals surface area contributed by atoms with Crippen LogP contribution in [0.2, 0.25) is 0 Å². The minimum Gasteiger partial charge on any atom is -0.497 e. The van der Waals surface area contributed by atoms with Gasteiger partial charge in [-0.1, -0.05) is 0 Å². The Morgan fingerprint density at radius 1 is 1.10 bits per heavy atom. The van der Waals surface area contributed by atoms with Crippen molar-refractivity contribution < 1.29 is 9.13 Å². The number of hydrogen-bond acceptors (Lipinski definition) is 6. The molecule has 0 atom stereocenters. The highest BCUT2D eigenvalue weighted by Crippen LogP contribution is 2.31. The molecule has 0 spiro atoms. The summed E-state index contributed by atoms with van der Waals surface area (Å²) in [7, 11) is 3.37. The van der Waals surface area contributed by atoms with Gasteiger partial charge in [0.1, 0.15) is 11.6 Å². The van der Waals surface area contributed by atoms with Crippen molar-refractivity contribution in [2.24, 2.45) is 12.8 Å². The van der Waals surface area contributed by atoms with Crippen molar-refractivity contribution in [2.45, 2.75) is 0 Å². The molecule has 2 aromatic carbocycles. The van der Waals surface area contributed by atoms with Gasteiger partial charge in [0.25, 0.3) is 0 Å². The van der Waals surface area contributed by atoms with E-state index in [1.54, 1.807) is 23.1 Å². The van der Waals surface area contributed by atoms with Crippen LogP contribution in [0.15, 0.2) is 55.0 Å². The average Bonchev–Trinajstić information content (AvgIpc) is 3.17. The van der Waals surface area contributed by atoms with Crippen LogP contribution in [0, 0.1) is 5.82 Å². The number of fused-ring (bicyclic) bond motifs is 1. The number of aryl methyl sites for hydroxylation is 1. The molecule has 0 aliphatic heterocycles. The van der Waals surface area contributed by atoms with Crippen LogP contribution in [0.5, 0.6) is 5.75 Å². The van der Waals surface area contributed by atoms with E-state index in [9.17, 15) is 4.39 Å². The summed E-state index contributed by atoms with van der Waals surface area (Å²) in [6.45, 7) is 0.909. The van der Waals surface area contributed by atoms with Gasteiger partial charge in [0.2, 0.25) is 0 Å². The summed E-state index contributed by atoms with van der Waals surface area (Å²) < 4.78 is 21.0. The van der Waals surface area contributed by atoms with Gasteiger partial charge < -0.3 is 15.4 Å². The van der Waals surface area contributed by atoms with Crippen LogP contribution in [0.1, 0.15) is 0 Å². The van der Waals surface area contributed by atoms with Crippen LogP contribution in [0.3, 0.4) is 0 Å². The van der Waals surface area contributed by atoms with Gasteiger partial charge >= 0.3 is 0 Å². The first kappa shape index (κ1) is 18.8. The summed E-state index contributed by atoms with van der Waals surface area (Å²) in [5.41, 5.74) is 10.4. The third-order valence-electron chi connectivity index (χ3n) is 4.59. The second-order valence-corrected chi connectivity index (χ2v) is 6.62. The number of hydrogen-bond donors (Lipinski definition) is 1. The van der Waals surface area contributed by atoms with Crippen LogP contribution in [-0.2, 0) is 7.05 Å². The van der Waals surface area contributed by atoms with E-state index in [1.807, 2.05) is 36.3 Å². The van der Waals surface area contributed by atoms with E-state index in [0.717, 1.165) is 28.0 Å². The topological polar surface area (TPSA) is 82.1 Å². The first-order valence-electron chi connectivity index (χ1n) is 9.15. The van der Waals surface area contributed by atoms with Crippen LogP contribution in [-0.4, -0.2) is 39.9 Å². The van der Waals surface area contributed by atoms with Gasteiger partial charge in [-0.05, 0) is 24.3 Å². The molecule has 4 aromatic rings. The molecule has 4 rings (SSSR count). The molecule has 0 radical (unpaired) electrons. The third-order valence-corrected chi connectivity index (χ3v) is 4.59. The SMILES string of the molecule is COc1cc(F)cc(N(CCN)c2ccc3ncc(-c4cnn(C)c4)nc3c2)c1. The van der Waals surface area contributed by atoms with E-state index in [1.165, 1.54) is 19.2 Å². The number of benzene rings is 2. The molecule has 2 aromatic heterocycles. The van der Waals surface area contributed by atoms with E-state index in [4.69, 9.17) is 15.5 Å². The lowest BCUT2D eigenvalue weighted by atomic mass is 10.2. The molecular weight excluding hydrogens is 371 g/mol. The van der Waals surface area contributed by atoms with Gasteiger partial charge in [0.05, 0.1) is 36.2 Å². The fourth-order valence-electron chi connectivity index (χ4n) is 3.22. The number of rotatable bonds is 6. The summed E-state index contributed by atoms with van der Waals surface area (Å²) in [6, 6.07) is 10.3. The maximum absolute atomic E-state index is 14.1. The highest BCUT2D eigenvalue weighted by molar-refractivity contribution is 5.82. The Kier molecular flexibility index (Phi) is 5.09. The Morgan fingerprint density at radius 3 is 2.69 bits per heavy atom. The molecule has 0 fully saturated rings. The largest absolute Gasteiger partial charge is 0.497 e. The van der Waals surface area contributed by atoms with Crippen LogP contribution in [0.25, 0.3) is 22.3 Å². The number of nitrogens with two attached hydrogens (primary N) is 1. The normalized spacial score (nSPS) is 11.0. The van der Waals surface area contributed by atoms with Gasteiger partial charge in [-0.15, -0.1) is 0 Å². The Labute approximate surface area is 167 Å². The predicted octanol–water partition coefficient (Wildman–Crippen LogP) is 3.27. The van der Waals surface area contributed by atoms with Crippen molar-refractivity contribution in [1.82, 2.24) is 19.7 Å². The Morgan fingerprint density at radius 2 is 1.97 bits per heavy atom. The van der Waals surface area contributed by atoms with Gasteiger partial charge in [0, 0.05) is 55.4 Å². The summed E-state index contributed by atoms with van der Waals surface area (Å²) in [5, 5.41) is 4.19. The standard InChI is InChI=1S/C21H21FN6O/c1-27-13-14(11-25-27)21-12-24-19-4-3-16(10-20(19)26-21)28(6-5-23)17-7-15(22)8-18(9-17)29-2/h3-4,7-13H,5-6,23H2,1-2H3. The van der Waals surface area contributed by atoms with Crippen molar-refractivity contribution in [2.75, 3.05) is 25.1 Å². The summed E-state index contributed by atoms with van der Waals surface area (Å²) in [4.78, 5) is 11.2. The summed E-state index contributed by atoms with van der Waals surface area (Å²) in [5.74, 6) is 0.0716. The fraction of sp³-hybridized carbons (Fsp3) is 0.190. The van der Waals surface area contributed by atoms with Gasteiger partial charge in [-0.2, -0.15) is 5.10 Å². The molecule has 0 amide bonds. The molecule has 148 valence electrons. The molecule has 8 heteroatoms. The van der Waals surface area contributed by atoms with E-state index >= 15 is 0 Å². The molecule has 7 nitrogen and oxygen atoms in total. The second-order valence-electron chi connectivity index (χ2n) is 6.62. The maximum atomic E-state index is 14.1. The molecule has 0 saturated heterocycles. The molecular formula is C21H21FN6O. The fourth-order valence-corrected chi connectivity index (χ4v) is 3.22. The van der Waals surface area contributed by atoms with Crippen molar-refractivity contribution in [1.29, 1.82) is 0 Å². The molecule has 2 N–H and O–H groups in total. The molecule has 0 aliphatic rings. The predicted molar refractivity (Wildman–Crippen MR) is 111 cm³/mol. The minimum atomic E-state index is -0.374. The number of ether oxygens (including phenoxy) is 1. The maximum Gasteiger partial charge on any atom is 0.128 e. The quantitative estimate of drug-likeness (QED) is 0.542. The van der Waals surface area contributed by atoms with Crippen LogP contribution in [0.4, 0.5) is 15.8 Å². The molecule has 2 heterocycles. The third kappa shape index (κ3) is 3.88. The Hall–Kier alpha value is -3.52. The lowest BCUT2D eigenvalue weighted by Gasteiger charge is -2.25. The van der Waals surface area contributed by atoms with E-state index in [2.05, 4.69) is 10.1 Å². The van der Waals surface area contributed by atoms with Crippen LogP contribution >= 0.6 is 0 Å². The Balaban J connectivity index is 1.78. The number of aromatic nitrogens is 4. The molecule has 29 heavy (non-hydrogen) atoms. The average molecular weight is 392 g/mol. The smallest absolute Gasteiger partial charge is 0.128 e. The highest BCUT2D eigenvalue weighted by atomic mass is 19.1. The van der Waals surface area contributed by atoms with Crippen molar-refractivity contribution in [3.8, 4) is 17.0 Å². The second kappa shape index (κ2) is 7.84. The number of anilines is 2. The highest BCUT2D eigenvalue weighted by Gasteiger charge is 2.13. The zero-order valence-corrected chi connectivity index (χ0v) is 16.2. The van der Waals surface area contributed by atoms with Crippen molar-refractivity contribution in [3.05, 3.63) is 60.8 Å². The first-order valence-corrected chi connectivity index (χ1v) is 9.15. The van der Waals surface area contributed by atoms with E-state index in [0.29, 0.717) is 24.5 Å². The first-order chi connectivity index (χ1) is 14.1. The zero-order chi connectivity index (χ0) is 20.4. The number of methoxy groups -OCH3 is 1. The van der Waals surface area contributed by atoms with Crippen molar-refractivity contribution >= 4 is 22.4 Å². The lowest BCUT2D eigenvalue weighted by Crippen LogP contribution is -2.25. The number of nitrogens with zero attached hydrogens (tertiary/aromatic N) is 5. The van der Waals surface area contributed by atoms with Gasteiger partial charge in [-0.25, -0.2) is 9.37 Å². The van der Waals surface area contributed by atoms with Crippen LogP contribution < -0.4 is 15.4 Å². The zero-order valence-electron chi connectivity index (χ0n) is 16.2. The molecule has 0 unspecified atom stereocenters. The lowest BCUT2D eigenvalue weighted by molar-refractivity contribution is 0.411. The van der Waals surface area contributed by atoms with Gasteiger partial charge in [0.15, 0.2) is 0 Å². The van der Waals surface area contributed by atoms with Gasteiger partial charge in [-0.3, -0.25) is 9.67 Å². The van der Waals surface area contributed by atoms with Crippen molar-refractivity contribution in [3.63, 3.8) is 0 Å². The molecule has 0 bridgehead atoms.